The van der Waals surface area contributed by atoms with Crippen LogP contribution in [-0.2, 0) is 9.53 Å². The third-order valence-corrected chi connectivity index (χ3v) is 2.63. The molecule has 0 unspecified atom stereocenters. The maximum Gasteiger partial charge on any atom is 0.328 e. The lowest BCUT2D eigenvalue weighted by atomic mass is 10.0. The molecule has 1 N–H and O–H groups in total. The average molecular weight is 256 g/mol. The van der Waals surface area contributed by atoms with E-state index >= 15 is 0 Å². The maximum atomic E-state index is 11.7. The first-order chi connectivity index (χ1) is 8.04. The van der Waals surface area contributed by atoms with Gasteiger partial charge in [0.15, 0.2) is 0 Å². The van der Waals surface area contributed by atoms with Gasteiger partial charge in [-0.1, -0.05) is 25.4 Å². The van der Waals surface area contributed by atoms with Gasteiger partial charge in [0.25, 0.3) is 0 Å². The van der Waals surface area contributed by atoms with Crippen LogP contribution >= 0.6 is 11.6 Å². The first-order valence-electron chi connectivity index (χ1n) is 5.73. The summed E-state index contributed by atoms with van der Waals surface area (Å²) >= 11 is 5.80. The van der Waals surface area contributed by atoms with E-state index in [9.17, 15) is 4.79 Å². The fourth-order valence-electron chi connectivity index (χ4n) is 1.46. The summed E-state index contributed by atoms with van der Waals surface area (Å²) in [5.74, 6) is -0.0674. The van der Waals surface area contributed by atoms with E-state index in [2.05, 4.69) is 5.32 Å². The number of esters is 1. The summed E-state index contributed by atoms with van der Waals surface area (Å²) in [6.45, 7) is 6.15. The van der Waals surface area contributed by atoms with E-state index in [0.29, 0.717) is 11.6 Å². The summed E-state index contributed by atoms with van der Waals surface area (Å²) in [5.41, 5.74) is 0.862. The molecule has 0 aliphatic rings. The second kappa shape index (κ2) is 6.50. The van der Waals surface area contributed by atoms with Crippen molar-refractivity contribution >= 4 is 23.3 Å². The molecule has 1 rings (SSSR count). The zero-order valence-corrected chi connectivity index (χ0v) is 11.1. The van der Waals surface area contributed by atoms with E-state index in [0.717, 1.165) is 5.69 Å². The molecule has 0 spiro atoms. The Morgan fingerprint density at radius 1 is 1.35 bits per heavy atom. The van der Waals surface area contributed by atoms with Crippen molar-refractivity contribution in [2.75, 3.05) is 11.9 Å². The molecule has 0 fully saturated rings. The largest absolute Gasteiger partial charge is 0.464 e. The Bertz CT molecular complexity index is 362. The Labute approximate surface area is 107 Å². The van der Waals surface area contributed by atoms with Gasteiger partial charge in [-0.15, -0.1) is 0 Å². The molecule has 0 radical (unpaired) electrons. The van der Waals surface area contributed by atoms with Crippen molar-refractivity contribution in [3.8, 4) is 0 Å². The number of carbonyl (C=O) groups is 1. The fraction of sp³-hybridized carbons (Fsp3) is 0.462. The number of anilines is 1. The van der Waals surface area contributed by atoms with Crippen LogP contribution in [0.25, 0.3) is 0 Å². The van der Waals surface area contributed by atoms with Crippen LogP contribution in [0.2, 0.25) is 5.02 Å². The van der Waals surface area contributed by atoms with Crippen LogP contribution in [0.3, 0.4) is 0 Å². The zero-order valence-electron chi connectivity index (χ0n) is 10.4. The van der Waals surface area contributed by atoms with Gasteiger partial charge in [-0.05, 0) is 37.1 Å². The molecule has 0 aromatic heterocycles. The lowest BCUT2D eigenvalue weighted by Crippen LogP contribution is -2.36. The van der Waals surface area contributed by atoms with Gasteiger partial charge in [0, 0.05) is 10.7 Å². The number of rotatable bonds is 5. The quantitative estimate of drug-likeness (QED) is 0.820. The van der Waals surface area contributed by atoms with Crippen molar-refractivity contribution in [1.29, 1.82) is 0 Å². The summed E-state index contributed by atoms with van der Waals surface area (Å²) in [5, 5.41) is 3.83. The van der Waals surface area contributed by atoms with Crippen LogP contribution in [-0.4, -0.2) is 18.6 Å². The predicted octanol–water partition coefficient (Wildman–Crippen LogP) is 3.34. The van der Waals surface area contributed by atoms with E-state index in [1.807, 2.05) is 26.0 Å². The number of hydrogen-bond donors (Lipinski definition) is 1. The molecule has 0 aliphatic carbocycles. The van der Waals surface area contributed by atoms with Gasteiger partial charge >= 0.3 is 5.97 Å². The van der Waals surface area contributed by atoms with Crippen molar-refractivity contribution in [3.63, 3.8) is 0 Å². The van der Waals surface area contributed by atoms with E-state index in [1.54, 1.807) is 19.1 Å². The van der Waals surface area contributed by atoms with Gasteiger partial charge in [-0.2, -0.15) is 0 Å². The Kier molecular flexibility index (Phi) is 5.29. The highest BCUT2D eigenvalue weighted by atomic mass is 35.5. The molecule has 17 heavy (non-hydrogen) atoms. The lowest BCUT2D eigenvalue weighted by molar-refractivity contribution is -0.145. The molecule has 4 heteroatoms. The summed E-state index contributed by atoms with van der Waals surface area (Å²) in [6.07, 6.45) is 0. The number of carbonyl (C=O) groups excluding carboxylic acids is 1. The summed E-state index contributed by atoms with van der Waals surface area (Å²) in [4.78, 5) is 11.7. The Morgan fingerprint density at radius 2 is 1.94 bits per heavy atom. The third-order valence-electron chi connectivity index (χ3n) is 2.37. The molecule has 3 nitrogen and oxygen atoms in total. The highest BCUT2D eigenvalue weighted by Gasteiger charge is 2.23. The minimum absolute atomic E-state index is 0.157. The maximum absolute atomic E-state index is 11.7. The molecular weight excluding hydrogens is 238 g/mol. The number of nitrogens with one attached hydrogen (secondary N) is 1. The molecule has 94 valence electrons. The fourth-order valence-corrected chi connectivity index (χ4v) is 1.58. The SMILES string of the molecule is CCOC(=O)[C@@H](Nc1ccc(Cl)cc1)C(C)C. The number of benzene rings is 1. The normalized spacial score (nSPS) is 12.3. The van der Waals surface area contributed by atoms with Crippen LogP contribution < -0.4 is 5.32 Å². The first kappa shape index (κ1) is 13.8. The molecule has 0 amide bonds. The number of ether oxygens (including phenoxy) is 1. The molecule has 1 aromatic rings. The minimum Gasteiger partial charge on any atom is -0.464 e. The van der Waals surface area contributed by atoms with Gasteiger partial charge < -0.3 is 10.1 Å². The van der Waals surface area contributed by atoms with Crippen molar-refractivity contribution < 1.29 is 9.53 Å². The highest BCUT2D eigenvalue weighted by molar-refractivity contribution is 6.30. The molecule has 0 heterocycles. The van der Waals surface area contributed by atoms with Crippen molar-refractivity contribution in [2.45, 2.75) is 26.8 Å². The predicted molar refractivity (Wildman–Crippen MR) is 70.3 cm³/mol. The minimum atomic E-state index is -0.337. The molecule has 0 saturated carbocycles. The van der Waals surface area contributed by atoms with Crippen LogP contribution in [0, 0.1) is 5.92 Å². The average Bonchev–Trinajstić information content (AvgIpc) is 2.28. The third kappa shape index (κ3) is 4.27. The molecular formula is C13H18ClNO2. The van der Waals surface area contributed by atoms with Crippen LogP contribution in [0.15, 0.2) is 24.3 Å². The Morgan fingerprint density at radius 3 is 2.41 bits per heavy atom. The molecule has 0 aliphatic heterocycles. The summed E-state index contributed by atoms with van der Waals surface area (Å²) in [7, 11) is 0. The topological polar surface area (TPSA) is 38.3 Å². The number of halogens is 1. The second-order valence-corrected chi connectivity index (χ2v) is 4.56. The Balaban J connectivity index is 2.73. The summed E-state index contributed by atoms with van der Waals surface area (Å²) in [6, 6.07) is 6.92. The van der Waals surface area contributed by atoms with Gasteiger partial charge in [-0.3, -0.25) is 0 Å². The van der Waals surface area contributed by atoms with Gasteiger partial charge in [-0.25, -0.2) is 4.79 Å². The zero-order chi connectivity index (χ0) is 12.8. The monoisotopic (exact) mass is 255 g/mol. The lowest BCUT2D eigenvalue weighted by Gasteiger charge is -2.21. The summed E-state index contributed by atoms with van der Waals surface area (Å²) < 4.78 is 5.03. The van der Waals surface area contributed by atoms with Crippen LogP contribution in [0.5, 0.6) is 0 Å². The van der Waals surface area contributed by atoms with E-state index in [4.69, 9.17) is 16.3 Å². The molecule has 0 saturated heterocycles. The van der Waals surface area contributed by atoms with E-state index in [-0.39, 0.29) is 17.9 Å². The van der Waals surface area contributed by atoms with Gasteiger partial charge in [0.2, 0.25) is 0 Å². The smallest absolute Gasteiger partial charge is 0.328 e. The second-order valence-electron chi connectivity index (χ2n) is 4.12. The Hall–Kier alpha value is -1.22. The van der Waals surface area contributed by atoms with Crippen LogP contribution in [0.4, 0.5) is 5.69 Å². The standard InChI is InChI=1S/C13H18ClNO2/c1-4-17-13(16)12(9(2)3)15-11-7-5-10(14)6-8-11/h5-9,12,15H,4H2,1-3H3/t12-/m0/s1. The highest BCUT2D eigenvalue weighted by Crippen LogP contribution is 2.17. The van der Waals surface area contributed by atoms with Crippen molar-refractivity contribution in [1.82, 2.24) is 0 Å². The molecule has 1 atom stereocenters. The number of hydrogen-bond acceptors (Lipinski definition) is 3. The molecule has 0 bridgehead atoms. The van der Waals surface area contributed by atoms with Crippen LogP contribution in [0.1, 0.15) is 20.8 Å². The van der Waals surface area contributed by atoms with E-state index < -0.39 is 0 Å². The first-order valence-corrected chi connectivity index (χ1v) is 6.11. The van der Waals surface area contributed by atoms with Crippen molar-refractivity contribution in [2.24, 2.45) is 5.92 Å². The van der Waals surface area contributed by atoms with Crippen molar-refractivity contribution in [3.05, 3.63) is 29.3 Å². The van der Waals surface area contributed by atoms with Gasteiger partial charge in [0.1, 0.15) is 6.04 Å². The molecule has 1 aromatic carbocycles. The van der Waals surface area contributed by atoms with E-state index in [1.165, 1.54) is 0 Å². The van der Waals surface area contributed by atoms with Gasteiger partial charge in [0.05, 0.1) is 6.61 Å².